The van der Waals surface area contributed by atoms with Gasteiger partial charge in [-0.2, -0.15) is 0 Å². The highest BCUT2D eigenvalue weighted by molar-refractivity contribution is 7.14. The molecular formula is C18H25N5O3S. The Balaban J connectivity index is 1.37. The van der Waals surface area contributed by atoms with Crippen molar-refractivity contribution in [1.82, 2.24) is 20.5 Å². The summed E-state index contributed by atoms with van der Waals surface area (Å²) < 4.78 is 5.13. The standard InChI is InChI=1S/C18H25N5O3S/c1-13-15(3-10-26-13)17(25)22-18-21-14(12-27-18)11-16(24)20-4-2-7-23-8-5-19-6-9-23/h3,10,12,19H,2,4-9,11H2,1H3,(H,20,24)(H,21,22,25). The summed E-state index contributed by atoms with van der Waals surface area (Å²) in [6.07, 6.45) is 2.63. The molecule has 0 radical (unpaired) electrons. The van der Waals surface area contributed by atoms with Crippen LogP contribution in [-0.4, -0.2) is 61.0 Å². The van der Waals surface area contributed by atoms with Gasteiger partial charge < -0.3 is 20.0 Å². The zero-order valence-electron chi connectivity index (χ0n) is 15.4. The first-order chi connectivity index (χ1) is 13.1. The van der Waals surface area contributed by atoms with Gasteiger partial charge >= 0.3 is 0 Å². The van der Waals surface area contributed by atoms with Crippen LogP contribution in [-0.2, 0) is 11.2 Å². The van der Waals surface area contributed by atoms with Crippen molar-refractivity contribution in [3.8, 4) is 0 Å². The van der Waals surface area contributed by atoms with E-state index >= 15 is 0 Å². The summed E-state index contributed by atoms with van der Waals surface area (Å²) in [7, 11) is 0. The van der Waals surface area contributed by atoms with Gasteiger partial charge in [-0.25, -0.2) is 4.98 Å². The molecule has 0 bridgehead atoms. The Morgan fingerprint density at radius 2 is 2.19 bits per heavy atom. The molecule has 2 aromatic heterocycles. The van der Waals surface area contributed by atoms with E-state index in [0.29, 0.717) is 28.7 Å². The van der Waals surface area contributed by atoms with E-state index in [4.69, 9.17) is 4.42 Å². The van der Waals surface area contributed by atoms with Crippen LogP contribution in [0.4, 0.5) is 5.13 Å². The van der Waals surface area contributed by atoms with Crippen molar-refractivity contribution in [2.24, 2.45) is 0 Å². The molecule has 27 heavy (non-hydrogen) atoms. The van der Waals surface area contributed by atoms with Crippen molar-refractivity contribution < 1.29 is 14.0 Å². The third-order valence-corrected chi connectivity index (χ3v) is 5.21. The van der Waals surface area contributed by atoms with Gasteiger partial charge in [0.1, 0.15) is 5.76 Å². The maximum Gasteiger partial charge on any atom is 0.260 e. The second-order valence-corrected chi connectivity index (χ2v) is 7.32. The number of furan rings is 1. The molecule has 3 rings (SSSR count). The molecule has 1 aliphatic heterocycles. The molecule has 3 heterocycles. The molecule has 8 nitrogen and oxygen atoms in total. The maximum absolute atomic E-state index is 12.1. The summed E-state index contributed by atoms with van der Waals surface area (Å²) in [4.78, 5) is 30.9. The van der Waals surface area contributed by atoms with Gasteiger partial charge in [-0.15, -0.1) is 11.3 Å². The SMILES string of the molecule is Cc1occc1C(=O)Nc1nc(CC(=O)NCCCN2CCNCC2)cs1. The molecule has 0 aliphatic carbocycles. The van der Waals surface area contributed by atoms with Gasteiger partial charge in [0.25, 0.3) is 5.91 Å². The number of rotatable bonds is 8. The predicted molar refractivity (Wildman–Crippen MR) is 104 cm³/mol. The molecular weight excluding hydrogens is 366 g/mol. The molecule has 0 atom stereocenters. The lowest BCUT2D eigenvalue weighted by Crippen LogP contribution is -2.44. The lowest BCUT2D eigenvalue weighted by molar-refractivity contribution is -0.120. The number of hydrogen-bond donors (Lipinski definition) is 3. The average Bonchev–Trinajstić information content (AvgIpc) is 3.28. The van der Waals surface area contributed by atoms with Crippen molar-refractivity contribution in [3.05, 3.63) is 34.7 Å². The second-order valence-electron chi connectivity index (χ2n) is 6.46. The van der Waals surface area contributed by atoms with E-state index in [-0.39, 0.29) is 18.2 Å². The number of amides is 2. The third kappa shape index (κ3) is 5.88. The topological polar surface area (TPSA) is 99.5 Å². The van der Waals surface area contributed by atoms with Crippen LogP contribution < -0.4 is 16.0 Å². The highest BCUT2D eigenvalue weighted by Gasteiger charge is 2.14. The summed E-state index contributed by atoms with van der Waals surface area (Å²) >= 11 is 1.30. The molecule has 3 N–H and O–H groups in total. The van der Waals surface area contributed by atoms with Crippen molar-refractivity contribution in [2.45, 2.75) is 19.8 Å². The number of thiazole rings is 1. The lowest BCUT2D eigenvalue weighted by Gasteiger charge is -2.27. The number of carbonyl (C=O) groups excluding carboxylic acids is 2. The predicted octanol–water partition coefficient (Wildman–Crippen LogP) is 1.25. The molecule has 1 saturated heterocycles. The van der Waals surface area contributed by atoms with Crippen LogP contribution in [0.5, 0.6) is 0 Å². The van der Waals surface area contributed by atoms with Crippen LogP contribution in [0.15, 0.2) is 22.1 Å². The fraction of sp³-hybridized carbons (Fsp3) is 0.500. The fourth-order valence-electron chi connectivity index (χ4n) is 2.92. The number of anilines is 1. The van der Waals surface area contributed by atoms with E-state index in [9.17, 15) is 9.59 Å². The molecule has 1 aliphatic rings. The second kappa shape index (κ2) is 9.63. The minimum absolute atomic E-state index is 0.0517. The number of carbonyl (C=O) groups is 2. The minimum atomic E-state index is -0.264. The first-order valence-corrected chi connectivity index (χ1v) is 9.99. The van der Waals surface area contributed by atoms with E-state index in [2.05, 4.69) is 25.8 Å². The molecule has 0 unspecified atom stereocenters. The van der Waals surface area contributed by atoms with Gasteiger partial charge in [-0.3, -0.25) is 14.9 Å². The Morgan fingerprint density at radius 3 is 2.93 bits per heavy atom. The summed E-state index contributed by atoms with van der Waals surface area (Å²) in [5.41, 5.74) is 1.13. The van der Waals surface area contributed by atoms with Crippen LogP contribution in [0, 0.1) is 6.92 Å². The van der Waals surface area contributed by atoms with Crippen molar-refractivity contribution in [1.29, 1.82) is 0 Å². The summed E-state index contributed by atoms with van der Waals surface area (Å²) in [5.74, 6) is 0.244. The van der Waals surface area contributed by atoms with Crippen molar-refractivity contribution in [2.75, 3.05) is 44.6 Å². The van der Waals surface area contributed by atoms with Crippen LogP contribution in [0.2, 0.25) is 0 Å². The molecule has 0 aromatic carbocycles. The molecule has 9 heteroatoms. The number of aromatic nitrogens is 1. The molecule has 0 spiro atoms. The van der Waals surface area contributed by atoms with Crippen LogP contribution in [0.3, 0.4) is 0 Å². The van der Waals surface area contributed by atoms with E-state index in [1.807, 2.05) is 0 Å². The first kappa shape index (κ1) is 19.5. The number of piperazine rings is 1. The Labute approximate surface area is 162 Å². The van der Waals surface area contributed by atoms with Crippen LogP contribution in [0.1, 0.15) is 28.2 Å². The van der Waals surface area contributed by atoms with E-state index in [0.717, 1.165) is 39.1 Å². The molecule has 0 saturated carbocycles. The van der Waals surface area contributed by atoms with E-state index in [1.165, 1.54) is 17.6 Å². The third-order valence-electron chi connectivity index (χ3n) is 4.40. The fourth-order valence-corrected chi connectivity index (χ4v) is 3.63. The van der Waals surface area contributed by atoms with Gasteiger partial charge in [0.2, 0.25) is 5.91 Å². The summed E-state index contributed by atoms with van der Waals surface area (Å²) in [6, 6.07) is 1.62. The van der Waals surface area contributed by atoms with Gasteiger partial charge in [-0.1, -0.05) is 0 Å². The number of hydrogen-bond acceptors (Lipinski definition) is 7. The highest BCUT2D eigenvalue weighted by atomic mass is 32.1. The first-order valence-electron chi connectivity index (χ1n) is 9.11. The number of nitrogens with zero attached hydrogens (tertiary/aromatic N) is 2. The number of aryl methyl sites for hydroxylation is 1. The lowest BCUT2D eigenvalue weighted by atomic mass is 10.2. The summed E-state index contributed by atoms with van der Waals surface area (Å²) in [6.45, 7) is 7.61. The Hall–Kier alpha value is -2.23. The van der Waals surface area contributed by atoms with Gasteiger partial charge in [0.05, 0.1) is 23.9 Å². The zero-order chi connectivity index (χ0) is 19.1. The van der Waals surface area contributed by atoms with Crippen LogP contribution in [0.25, 0.3) is 0 Å². The monoisotopic (exact) mass is 391 g/mol. The Kier molecular flexibility index (Phi) is 6.97. The quantitative estimate of drug-likeness (QED) is 0.586. The van der Waals surface area contributed by atoms with Gasteiger partial charge in [0, 0.05) is 38.1 Å². The van der Waals surface area contributed by atoms with E-state index in [1.54, 1.807) is 18.4 Å². The summed E-state index contributed by atoms with van der Waals surface area (Å²) in [5, 5.41) is 11.3. The molecule has 2 amide bonds. The minimum Gasteiger partial charge on any atom is -0.469 e. The van der Waals surface area contributed by atoms with Gasteiger partial charge in [-0.05, 0) is 26.0 Å². The molecule has 1 fully saturated rings. The smallest absolute Gasteiger partial charge is 0.260 e. The maximum atomic E-state index is 12.1. The highest BCUT2D eigenvalue weighted by Crippen LogP contribution is 2.18. The molecule has 2 aromatic rings. The Bertz CT molecular complexity index is 767. The molecule has 146 valence electrons. The number of nitrogens with one attached hydrogen (secondary N) is 3. The normalized spacial score (nSPS) is 14.9. The average molecular weight is 391 g/mol. The van der Waals surface area contributed by atoms with Crippen molar-refractivity contribution in [3.63, 3.8) is 0 Å². The Morgan fingerprint density at radius 1 is 1.37 bits per heavy atom. The van der Waals surface area contributed by atoms with Gasteiger partial charge in [0.15, 0.2) is 5.13 Å². The largest absolute Gasteiger partial charge is 0.469 e. The van der Waals surface area contributed by atoms with E-state index < -0.39 is 0 Å². The van der Waals surface area contributed by atoms with Crippen molar-refractivity contribution >= 4 is 28.3 Å². The van der Waals surface area contributed by atoms with Crippen LogP contribution >= 0.6 is 11.3 Å². The zero-order valence-corrected chi connectivity index (χ0v) is 16.2.